The zero-order valence-corrected chi connectivity index (χ0v) is 13.0. The van der Waals surface area contributed by atoms with E-state index in [0.717, 1.165) is 28.2 Å². The Bertz CT molecular complexity index is 668. The van der Waals surface area contributed by atoms with Gasteiger partial charge in [0.1, 0.15) is 0 Å². The Morgan fingerprint density at radius 3 is 3.06 bits per heavy atom. The van der Waals surface area contributed by atoms with Crippen LogP contribution in [0.4, 0.5) is 0 Å². The van der Waals surface area contributed by atoms with Crippen LogP contribution < -0.4 is 5.32 Å². The predicted molar refractivity (Wildman–Crippen MR) is 80.4 cm³/mol. The van der Waals surface area contributed by atoms with E-state index < -0.39 is 0 Å². The number of imidazole rings is 1. The minimum absolute atomic E-state index is 0.846. The summed E-state index contributed by atoms with van der Waals surface area (Å²) in [5.41, 5.74) is 2.36. The standard InChI is InChI=1S/C12H12BrN3S2/c1-8-11(16-2-3-17-12(16)15-8)6-14-5-10-4-9(13)7-18-10/h2-4,7,14H,5-6H2,1H3. The van der Waals surface area contributed by atoms with Gasteiger partial charge in [-0.15, -0.1) is 22.7 Å². The number of thiazole rings is 1. The Morgan fingerprint density at radius 1 is 1.39 bits per heavy atom. The first-order valence-electron chi connectivity index (χ1n) is 5.58. The Hall–Kier alpha value is -0.690. The molecule has 18 heavy (non-hydrogen) atoms. The van der Waals surface area contributed by atoms with Gasteiger partial charge in [-0.1, -0.05) is 0 Å². The van der Waals surface area contributed by atoms with Crippen LogP contribution in [0.25, 0.3) is 4.96 Å². The quantitative estimate of drug-likeness (QED) is 0.781. The Kier molecular flexibility index (Phi) is 3.52. The van der Waals surface area contributed by atoms with Gasteiger partial charge in [0.05, 0.1) is 11.4 Å². The Morgan fingerprint density at radius 2 is 2.28 bits per heavy atom. The summed E-state index contributed by atoms with van der Waals surface area (Å²) in [4.78, 5) is 6.95. The third kappa shape index (κ3) is 2.38. The highest BCUT2D eigenvalue weighted by atomic mass is 79.9. The first-order chi connectivity index (χ1) is 8.74. The van der Waals surface area contributed by atoms with Crippen molar-refractivity contribution in [2.75, 3.05) is 0 Å². The normalized spacial score (nSPS) is 11.4. The van der Waals surface area contributed by atoms with Crippen molar-refractivity contribution in [3.05, 3.63) is 43.8 Å². The Balaban J connectivity index is 1.69. The number of rotatable bonds is 4. The molecular weight excluding hydrogens is 330 g/mol. The fourth-order valence-corrected chi connectivity index (χ4v) is 4.10. The molecule has 3 aromatic rings. The van der Waals surface area contributed by atoms with E-state index in [1.165, 1.54) is 10.6 Å². The highest BCUT2D eigenvalue weighted by Gasteiger charge is 2.08. The van der Waals surface area contributed by atoms with Crippen LogP contribution in [0.2, 0.25) is 0 Å². The van der Waals surface area contributed by atoms with Crippen LogP contribution in [-0.2, 0) is 13.1 Å². The molecule has 0 aliphatic rings. The van der Waals surface area contributed by atoms with Crippen molar-refractivity contribution in [1.29, 1.82) is 0 Å². The Labute approximate surface area is 122 Å². The second kappa shape index (κ2) is 5.13. The molecule has 0 atom stereocenters. The van der Waals surface area contributed by atoms with E-state index in [1.54, 1.807) is 22.7 Å². The number of hydrogen-bond donors (Lipinski definition) is 1. The van der Waals surface area contributed by atoms with Gasteiger partial charge in [0, 0.05) is 39.4 Å². The number of halogens is 1. The lowest BCUT2D eigenvalue weighted by atomic mass is 10.3. The summed E-state index contributed by atoms with van der Waals surface area (Å²) in [6, 6.07) is 2.15. The van der Waals surface area contributed by atoms with Crippen molar-refractivity contribution in [3.63, 3.8) is 0 Å². The van der Waals surface area contributed by atoms with Gasteiger partial charge in [-0.25, -0.2) is 4.98 Å². The summed E-state index contributed by atoms with van der Waals surface area (Å²) in [6.45, 7) is 3.81. The largest absolute Gasteiger partial charge is 0.306 e. The SMILES string of the molecule is Cc1nc2sccn2c1CNCc1cc(Br)cs1. The highest BCUT2D eigenvalue weighted by Crippen LogP contribution is 2.20. The monoisotopic (exact) mass is 341 g/mol. The summed E-state index contributed by atoms with van der Waals surface area (Å²) in [6.07, 6.45) is 2.08. The van der Waals surface area contributed by atoms with Crippen LogP contribution in [0, 0.1) is 6.92 Å². The molecule has 3 aromatic heterocycles. The van der Waals surface area contributed by atoms with Crippen LogP contribution in [-0.4, -0.2) is 9.38 Å². The van der Waals surface area contributed by atoms with Crippen LogP contribution in [0.3, 0.4) is 0 Å². The highest BCUT2D eigenvalue weighted by molar-refractivity contribution is 9.10. The lowest BCUT2D eigenvalue weighted by Gasteiger charge is -2.03. The molecule has 0 fully saturated rings. The number of thiophene rings is 1. The third-order valence-corrected chi connectivity index (χ3v) is 5.23. The van der Waals surface area contributed by atoms with Gasteiger partial charge in [0.2, 0.25) is 0 Å². The average Bonchev–Trinajstić information content (AvgIpc) is 2.99. The summed E-state index contributed by atoms with van der Waals surface area (Å²) in [7, 11) is 0. The van der Waals surface area contributed by atoms with E-state index in [0.29, 0.717) is 0 Å². The van der Waals surface area contributed by atoms with Crippen molar-refractivity contribution in [2.45, 2.75) is 20.0 Å². The molecule has 6 heteroatoms. The average molecular weight is 342 g/mol. The second-order valence-corrected chi connectivity index (χ2v) is 6.82. The summed E-state index contributed by atoms with van der Waals surface area (Å²) < 4.78 is 3.32. The topological polar surface area (TPSA) is 29.3 Å². The van der Waals surface area contributed by atoms with Gasteiger partial charge in [0.15, 0.2) is 4.96 Å². The number of nitrogens with zero attached hydrogens (tertiary/aromatic N) is 2. The smallest absolute Gasteiger partial charge is 0.194 e. The summed E-state index contributed by atoms with van der Waals surface area (Å²) in [5.74, 6) is 0. The van der Waals surface area contributed by atoms with Gasteiger partial charge in [-0.05, 0) is 28.9 Å². The number of aromatic nitrogens is 2. The lowest BCUT2D eigenvalue weighted by Crippen LogP contribution is -2.13. The molecule has 1 N–H and O–H groups in total. The predicted octanol–water partition coefficient (Wildman–Crippen LogP) is 3.82. The van der Waals surface area contributed by atoms with Crippen molar-refractivity contribution >= 4 is 43.6 Å². The fraction of sp³-hybridized carbons (Fsp3) is 0.250. The maximum Gasteiger partial charge on any atom is 0.194 e. The van der Waals surface area contributed by atoms with Crippen LogP contribution in [0.5, 0.6) is 0 Å². The molecule has 0 unspecified atom stereocenters. The maximum atomic E-state index is 4.54. The summed E-state index contributed by atoms with van der Waals surface area (Å²) >= 11 is 6.91. The molecule has 0 aliphatic heterocycles. The zero-order valence-electron chi connectivity index (χ0n) is 9.81. The van der Waals surface area contributed by atoms with Crippen molar-refractivity contribution < 1.29 is 0 Å². The van der Waals surface area contributed by atoms with Gasteiger partial charge in [-0.3, -0.25) is 4.40 Å². The van der Waals surface area contributed by atoms with Gasteiger partial charge < -0.3 is 5.32 Å². The molecule has 94 valence electrons. The van der Waals surface area contributed by atoms with Crippen molar-refractivity contribution in [3.8, 4) is 0 Å². The minimum atomic E-state index is 0.846. The minimum Gasteiger partial charge on any atom is -0.306 e. The van der Waals surface area contributed by atoms with E-state index in [4.69, 9.17) is 0 Å². The third-order valence-electron chi connectivity index (χ3n) is 2.77. The first kappa shape index (κ1) is 12.3. The summed E-state index contributed by atoms with van der Waals surface area (Å²) in [5, 5.41) is 7.65. The van der Waals surface area contributed by atoms with Gasteiger partial charge >= 0.3 is 0 Å². The second-order valence-electron chi connectivity index (χ2n) is 4.03. The molecule has 0 saturated heterocycles. The molecule has 0 aliphatic carbocycles. The molecule has 0 spiro atoms. The van der Waals surface area contributed by atoms with E-state index in [-0.39, 0.29) is 0 Å². The molecule has 0 radical (unpaired) electrons. The van der Waals surface area contributed by atoms with Crippen LogP contribution in [0.1, 0.15) is 16.3 Å². The van der Waals surface area contributed by atoms with E-state index in [2.05, 4.69) is 60.6 Å². The molecular formula is C12H12BrN3S2. The molecule has 3 heterocycles. The fourth-order valence-electron chi connectivity index (χ4n) is 1.90. The number of hydrogen-bond acceptors (Lipinski definition) is 4. The number of aryl methyl sites for hydroxylation is 1. The molecule has 0 amide bonds. The number of fused-ring (bicyclic) bond motifs is 1. The van der Waals surface area contributed by atoms with Gasteiger partial charge in [0.25, 0.3) is 0 Å². The van der Waals surface area contributed by atoms with E-state index in [1.807, 2.05) is 0 Å². The van der Waals surface area contributed by atoms with Gasteiger partial charge in [-0.2, -0.15) is 0 Å². The van der Waals surface area contributed by atoms with Crippen molar-refractivity contribution in [1.82, 2.24) is 14.7 Å². The number of nitrogens with one attached hydrogen (secondary N) is 1. The molecule has 3 nitrogen and oxygen atoms in total. The van der Waals surface area contributed by atoms with Crippen molar-refractivity contribution in [2.24, 2.45) is 0 Å². The zero-order chi connectivity index (χ0) is 12.5. The molecule has 3 rings (SSSR count). The first-order valence-corrected chi connectivity index (χ1v) is 8.14. The van der Waals surface area contributed by atoms with Crippen LogP contribution in [0.15, 0.2) is 27.5 Å². The molecule has 0 saturated carbocycles. The lowest BCUT2D eigenvalue weighted by molar-refractivity contribution is 0.679. The molecule has 0 bridgehead atoms. The van der Waals surface area contributed by atoms with E-state index >= 15 is 0 Å². The maximum absolute atomic E-state index is 4.54. The molecule has 0 aromatic carbocycles. The van der Waals surface area contributed by atoms with Crippen LogP contribution >= 0.6 is 38.6 Å². The van der Waals surface area contributed by atoms with E-state index in [9.17, 15) is 0 Å².